The van der Waals surface area contributed by atoms with Crippen LogP contribution in [0.2, 0.25) is 10.0 Å². The van der Waals surface area contributed by atoms with Gasteiger partial charge in [0.2, 0.25) is 0 Å². The lowest BCUT2D eigenvalue weighted by atomic mass is 9.93. The number of carbonyl (C=O) groups is 1. The van der Waals surface area contributed by atoms with Crippen molar-refractivity contribution in [2.75, 3.05) is 13.1 Å². The molecule has 0 radical (unpaired) electrons. The van der Waals surface area contributed by atoms with E-state index in [1.807, 2.05) is 0 Å². The van der Waals surface area contributed by atoms with Crippen molar-refractivity contribution in [1.29, 1.82) is 0 Å². The van der Waals surface area contributed by atoms with E-state index in [4.69, 9.17) is 23.2 Å². The molecular weight excluding hydrogens is 313 g/mol. The van der Waals surface area contributed by atoms with Crippen LogP contribution in [-0.2, 0) is 4.79 Å². The minimum atomic E-state index is -1.28. The van der Waals surface area contributed by atoms with Crippen LogP contribution in [0, 0.1) is 5.92 Å². The third kappa shape index (κ3) is 4.10. The molecule has 0 bridgehead atoms. The maximum Gasteiger partial charge on any atom is 0.256 e. The van der Waals surface area contributed by atoms with Gasteiger partial charge in [0, 0.05) is 29.1 Å². The van der Waals surface area contributed by atoms with E-state index in [0.29, 0.717) is 28.7 Å². The van der Waals surface area contributed by atoms with Gasteiger partial charge in [-0.3, -0.25) is 4.79 Å². The number of aliphatic hydroxyl groups is 2. The lowest BCUT2D eigenvalue weighted by Crippen LogP contribution is -2.44. The van der Waals surface area contributed by atoms with Crippen molar-refractivity contribution in [3.8, 4) is 0 Å². The average molecular weight is 332 g/mol. The van der Waals surface area contributed by atoms with Crippen LogP contribution in [0.3, 0.4) is 0 Å². The van der Waals surface area contributed by atoms with E-state index in [0.717, 1.165) is 12.8 Å². The first-order valence-corrected chi connectivity index (χ1v) is 7.75. The number of hydrogen-bond donors (Lipinski definition) is 2. The van der Waals surface area contributed by atoms with Crippen LogP contribution in [0.4, 0.5) is 0 Å². The lowest BCUT2D eigenvalue weighted by Gasteiger charge is -2.35. The van der Waals surface area contributed by atoms with E-state index >= 15 is 0 Å². The van der Waals surface area contributed by atoms with Gasteiger partial charge in [0.15, 0.2) is 6.10 Å². The molecule has 0 saturated carbocycles. The number of piperidine rings is 1. The first-order chi connectivity index (χ1) is 9.88. The van der Waals surface area contributed by atoms with Gasteiger partial charge < -0.3 is 15.1 Å². The molecule has 1 aromatic carbocycles. The molecule has 3 atom stereocenters. The van der Waals surface area contributed by atoms with Crippen molar-refractivity contribution < 1.29 is 15.0 Å². The van der Waals surface area contributed by atoms with Gasteiger partial charge in [-0.05, 0) is 43.5 Å². The number of rotatable bonds is 3. The summed E-state index contributed by atoms with van der Waals surface area (Å²) in [5.41, 5.74) is 0.386. The SMILES string of the molecule is CC(O)C1CCCN(C(=O)C(O)c2cc(Cl)cc(Cl)c2)C1. The fourth-order valence-corrected chi connectivity index (χ4v) is 3.20. The van der Waals surface area contributed by atoms with E-state index < -0.39 is 12.2 Å². The zero-order valence-electron chi connectivity index (χ0n) is 11.8. The molecule has 1 aromatic rings. The van der Waals surface area contributed by atoms with Gasteiger partial charge in [0.05, 0.1) is 6.10 Å². The average Bonchev–Trinajstić information content (AvgIpc) is 2.44. The summed E-state index contributed by atoms with van der Waals surface area (Å²) in [6, 6.07) is 4.62. The quantitative estimate of drug-likeness (QED) is 0.895. The molecule has 2 N–H and O–H groups in total. The first-order valence-electron chi connectivity index (χ1n) is 6.99. The second kappa shape index (κ2) is 6.97. The van der Waals surface area contributed by atoms with Gasteiger partial charge in [0.1, 0.15) is 0 Å². The highest BCUT2D eigenvalue weighted by molar-refractivity contribution is 6.34. The molecule has 1 heterocycles. The molecule has 4 nitrogen and oxygen atoms in total. The highest BCUT2D eigenvalue weighted by atomic mass is 35.5. The Morgan fingerprint density at radius 3 is 2.48 bits per heavy atom. The summed E-state index contributed by atoms with van der Waals surface area (Å²) in [6.07, 6.45) is -0.0301. The van der Waals surface area contributed by atoms with Crippen LogP contribution in [-0.4, -0.2) is 40.2 Å². The Labute approximate surface area is 134 Å². The second-order valence-electron chi connectivity index (χ2n) is 5.53. The number of nitrogens with zero attached hydrogens (tertiary/aromatic N) is 1. The minimum Gasteiger partial charge on any atom is -0.393 e. The molecule has 1 saturated heterocycles. The number of carbonyl (C=O) groups excluding carboxylic acids is 1. The maximum atomic E-state index is 12.4. The molecule has 116 valence electrons. The van der Waals surface area contributed by atoms with Crippen molar-refractivity contribution in [3.63, 3.8) is 0 Å². The molecule has 1 amide bonds. The number of benzene rings is 1. The summed E-state index contributed by atoms with van der Waals surface area (Å²) in [6.45, 7) is 2.78. The van der Waals surface area contributed by atoms with Gasteiger partial charge in [-0.25, -0.2) is 0 Å². The molecule has 1 fully saturated rings. The van der Waals surface area contributed by atoms with Crippen molar-refractivity contribution in [2.45, 2.75) is 32.0 Å². The van der Waals surface area contributed by atoms with Crippen molar-refractivity contribution >= 4 is 29.1 Å². The van der Waals surface area contributed by atoms with Crippen molar-refractivity contribution in [1.82, 2.24) is 4.90 Å². The smallest absolute Gasteiger partial charge is 0.256 e. The van der Waals surface area contributed by atoms with E-state index in [9.17, 15) is 15.0 Å². The molecule has 1 aliphatic heterocycles. The molecule has 0 spiro atoms. The summed E-state index contributed by atoms with van der Waals surface area (Å²) in [4.78, 5) is 14.0. The normalized spacial score (nSPS) is 22.0. The summed E-state index contributed by atoms with van der Waals surface area (Å²) in [5.74, 6) is -0.323. The van der Waals surface area contributed by atoms with E-state index in [1.165, 1.54) is 12.1 Å². The highest BCUT2D eigenvalue weighted by Crippen LogP contribution is 2.27. The van der Waals surface area contributed by atoms with Crippen LogP contribution in [0.25, 0.3) is 0 Å². The first kappa shape index (κ1) is 16.6. The molecule has 21 heavy (non-hydrogen) atoms. The van der Waals surface area contributed by atoms with Crippen LogP contribution in [0.5, 0.6) is 0 Å². The Morgan fingerprint density at radius 1 is 1.29 bits per heavy atom. The Bertz CT molecular complexity index is 501. The second-order valence-corrected chi connectivity index (χ2v) is 6.41. The molecule has 2 rings (SSSR count). The summed E-state index contributed by atoms with van der Waals surface area (Å²) in [5, 5.41) is 20.7. The molecule has 3 unspecified atom stereocenters. The standard InChI is InChI=1S/C15H19Cl2NO3/c1-9(19)10-3-2-4-18(8-10)15(21)14(20)11-5-12(16)7-13(17)6-11/h5-7,9-10,14,19-20H,2-4,8H2,1H3. The topological polar surface area (TPSA) is 60.8 Å². The maximum absolute atomic E-state index is 12.4. The zero-order valence-corrected chi connectivity index (χ0v) is 13.3. The van der Waals surface area contributed by atoms with Gasteiger partial charge >= 0.3 is 0 Å². The number of hydrogen-bond acceptors (Lipinski definition) is 3. The molecule has 0 aromatic heterocycles. The molecular formula is C15H19Cl2NO3. The third-order valence-corrected chi connectivity index (χ3v) is 4.32. The van der Waals surface area contributed by atoms with E-state index in [-0.39, 0.29) is 11.8 Å². The van der Waals surface area contributed by atoms with Crippen LogP contribution in [0.15, 0.2) is 18.2 Å². The zero-order chi connectivity index (χ0) is 15.6. The van der Waals surface area contributed by atoms with E-state index in [1.54, 1.807) is 17.9 Å². The Balaban J connectivity index is 2.11. The van der Waals surface area contributed by atoms with Gasteiger partial charge in [-0.2, -0.15) is 0 Å². The lowest BCUT2D eigenvalue weighted by molar-refractivity contribution is -0.143. The van der Waals surface area contributed by atoms with Crippen LogP contribution in [0.1, 0.15) is 31.4 Å². The highest BCUT2D eigenvalue weighted by Gasteiger charge is 2.30. The largest absolute Gasteiger partial charge is 0.393 e. The van der Waals surface area contributed by atoms with Crippen LogP contribution >= 0.6 is 23.2 Å². The Morgan fingerprint density at radius 2 is 1.90 bits per heavy atom. The summed E-state index contributed by atoms with van der Waals surface area (Å²) < 4.78 is 0. The number of likely N-dealkylation sites (tertiary alicyclic amines) is 1. The van der Waals surface area contributed by atoms with Crippen molar-refractivity contribution in [2.24, 2.45) is 5.92 Å². The number of halogens is 2. The predicted molar refractivity (Wildman–Crippen MR) is 82.4 cm³/mol. The summed E-state index contributed by atoms with van der Waals surface area (Å²) >= 11 is 11.8. The fourth-order valence-electron chi connectivity index (χ4n) is 2.65. The van der Waals surface area contributed by atoms with Gasteiger partial charge in [-0.1, -0.05) is 23.2 Å². The molecule has 0 aliphatic carbocycles. The fraction of sp³-hybridized carbons (Fsp3) is 0.533. The van der Waals surface area contributed by atoms with Crippen molar-refractivity contribution in [3.05, 3.63) is 33.8 Å². The van der Waals surface area contributed by atoms with E-state index in [2.05, 4.69) is 0 Å². The van der Waals surface area contributed by atoms with Gasteiger partial charge in [-0.15, -0.1) is 0 Å². The minimum absolute atomic E-state index is 0.0536. The Hall–Kier alpha value is -0.810. The summed E-state index contributed by atoms with van der Waals surface area (Å²) in [7, 11) is 0. The number of amides is 1. The molecule has 1 aliphatic rings. The Kier molecular flexibility index (Phi) is 5.49. The predicted octanol–water partition coefficient (Wildman–Crippen LogP) is 2.65. The van der Waals surface area contributed by atoms with Crippen LogP contribution < -0.4 is 0 Å². The monoisotopic (exact) mass is 331 g/mol. The van der Waals surface area contributed by atoms with Gasteiger partial charge in [0.25, 0.3) is 5.91 Å². The third-order valence-electron chi connectivity index (χ3n) is 3.89. The number of aliphatic hydroxyl groups excluding tert-OH is 2. The molecule has 6 heteroatoms.